The number of anilines is 3. The van der Waals surface area contributed by atoms with E-state index < -0.39 is 243 Å². The summed E-state index contributed by atoms with van der Waals surface area (Å²) in [6, 6.07) is -11.2. The highest BCUT2D eigenvalue weighted by Gasteiger charge is 2.15. The van der Waals surface area contributed by atoms with Gasteiger partial charge in [0.25, 0.3) is 0 Å². The molecule has 0 aromatic heterocycles. The number of nitrogens with zero attached hydrogens (tertiary/aromatic N) is 1. The van der Waals surface area contributed by atoms with Gasteiger partial charge in [0.15, 0.2) is 0 Å². The van der Waals surface area contributed by atoms with Crippen molar-refractivity contribution >= 4 is 27.8 Å². The first-order valence-electron chi connectivity index (χ1n) is 32.8. The zero-order valence-electron chi connectivity index (χ0n) is 60.3. The first kappa shape index (κ1) is 15.9. The highest BCUT2D eigenvalue weighted by molar-refractivity contribution is 5.97. The van der Waals surface area contributed by atoms with Crippen molar-refractivity contribution in [2.75, 3.05) is 4.90 Å². The summed E-state index contributed by atoms with van der Waals surface area (Å²) in [7, 11) is 0. The van der Waals surface area contributed by atoms with Crippen molar-refractivity contribution in [1.82, 2.24) is 0 Å². The van der Waals surface area contributed by atoms with Crippen molar-refractivity contribution in [2.24, 2.45) is 0 Å². The molecule has 10 aromatic carbocycles. The molecule has 0 aliphatic carbocycles. The van der Waals surface area contributed by atoms with E-state index >= 15 is 0 Å². The smallest absolute Gasteiger partial charge is 0.0645 e. The van der Waals surface area contributed by atoms with Gasteiger partial charge in [0.05, 0.1) is 41.1 Å². The van der Waals surface area contributed by atoms with Crippen LogP contribution in [0.25, 0.3) is 77.5 Å². The lowest BCUT2D eigenvalue weighted by molar-refractivity contribution is 1.28. The quantitative estimate of drug-likeness (QED) is 0.141. The molecule has 0 atom stereocenters. The zero-order chi connectivity index (χ0) is 65.5. The van der Waals surface area contributed by atoms with Crippen LogP contribution in [0.15, 0.2) is 248 Å². The molecule has 0 aliphatic heterocycles. The maximum Gasteiger partial charge on any atom is 0.0645 e. The van der Waals surface area contributed by atoms with Crippen LogP contribution in [0.5, 0.6) is 0 Å². The second-order valence-electron chi connectivity index (χ2n) is 12.6. The summed E-state index contributed by atoms with van der Waals surface area (Å²) in [4.78, 5) is 0.402. The van der Waals surface area contributed by atoms with Gasteiger partial charge in [-0.15, -0.1) is 0 Å². The molecule has 0 saturated heterocycles. The lowest BCUT2D eigenvalue weighted by Crippen LogP contribution is -2.09. The molecule has 1 nitrogen and oxygen atoms in total. The zero-order valence-corrected chi connectivity index (χ0v) is 30.3. The summed E-state index contributed by atoms with van der Waals surface area (Å²) >= 11 is 0. The summed E-state index contributed by atoms with van der Waals surface area (Å²) < 4.78 is 270. The average Bonchev–Trinajstić information content (AvgIpc) is 0.738. The van der Waals surface area contributed by atoms with Crippen molar-refractivity contribution in [2.45, 2.75) is 0 Å². The largest absolute Gasteiger partial charge is 0.311 e. The van der Waals surface area contributed by atoms with Gasteiger partial charge in [-0.1, -0.05) is 206 Å². The molecule has 0 fully saturated rings. The molecule has 0 bridgehead atoms. The number of hydrogen-bond donors (Lipinski definition) is 0. The van der Waals surface area contributed by atoms with Crippen molar-refractivity contribution < 1.29 is 41.1 Å². The van der Waals surface area contributed by atoms with E-state index in [0.29, 0.717) is 10.5 Å². The Morgan fingerprint density at radius 3 is 1.07 bits per heavy atom. The number of benzene rings is 10. The molecule has 0 aliphatic rings. The Hall–Kier alpha value is -7.74. The predicted octanol–water partition coefficient (Wildman–Crippen LogP) is 16.3. The molecule has 0 heterocycles. The van der Waals surface area contributed by atoms with Crippen LogP contribution in [0.4, 0.5) is 17.1 Å². The molecule has 0 spiro atoms. The van der Waals surface area contributed by atoms with Crippen LogP contribution < -0.4 is 4.90 Å². The fraction of sp³-hybridized carbons (Fsp3) is 0. The molecule has 59 heavy (non-hydrogen) atoms. The molecule has 0 radical (unpaired) electrons. The van der Waals surface area contributed by atoms with Crippen LogP contribution in [0, 0.1) is 0 Å². The summed E-state index contributed by atoms with van der Waals surface area (Å²) in [5, 5.41) is 1.72. The van der Waals surface area contributed by atoms with Gasteiger partial charge < -0.3 is 4.90 Å². The van der Waals surface area contributed by atoms with E-state index in [1.807, 2.05) is 42.5 Å². The first-order chi connectivity index (χ1) is 41.8. The van der Waals surface area contributed by atoms with Gasteiger partial charge >= 0.3 is 0 Å². The van der Waals surface area contributed by atoms with E-state index in [-0.39, 0.29) is 11.1 Å². The molecule has 0 saturated carbocycles. The summed E-state index contributed by atoms with van der Waals surface area (Å²) in [6.45, 7) is 0. The minimum atomic E-state index is -1.25. The van der Waals surface area contributed by atoms with Gasteiger partial charge in [0.1, 0.15) is 0 Å². The van der Waals surface area contributed by atoms with Crippen LogP contribution in [-0.4, -0.2) is 0 Å². The van der Waals surface area contributed by atoms with E-state index in [9.17, 15) is 16.4 Å². The van der Waals surface area contributed by atoms with Gasteiger partial charge in [-0.3, -0.25) is 0 Å². The Morgan fingerprint density at radius 1 is 0.271 bits per heavy atom. The lowest BCUT2D eigenvalue weighted by Gasteiger charge is -2.26. The van der Waals surface area contributed by atoms with E-state index in [2.05, 4.69) is 0 Å². The van der Waals surface area contributed by atoms with Crippen LogP contribution in [-0.2, 0) is 0 Å². The molecule has 10 aromatic rings. The molecule has 0 N–H and O–H groups in total. The van der Waals surface area contributed by atoms with Crippen molar-refractivity contribution in [3.63, 3.8) is 0 Å². The molecular weight excluding hydrogens is 711 g/mol. The van der Waals surface area contributed by atoms with Gasteiger partial charge in [-0.2, -0.15) is 0 Å². The second kappa shape index (κ2) is 16.0. The van der Waals surface area contributed by atoms with Gasteiger partial charge in [0, 0.05) is 17.1 Å². The van der Waals surface area contributed by atoms with Gasteiger partial charge in [-0.05, 0) is 120 Å². The number of fused-ring (bicyclic) bond motifs is 1. The third-order valence-electron chi connectivity index (χ3n) is 9.01. The molecule has 0 unspecified atom stereocenters. The predicted molar refractivity (Wildman–Crippen MR) is 251 cm³/mol. The Balaban J connectivity index is 1.26. The van der Waals surface area contributed by atoms with Crippen LogP contribution >= 0.6 is 0 Å². The standard InChI is InChI=1S/C58H41N/c1-3-11-42(12-4-1)44-21-25-46(26-22-44)48-29-35-54(36-30-48)59(55-37-31-49(32-38-55)47-27-23-45(24-28-47)43-13-5-2-6-14-43)56-39-33-50(34-40-56)52-17-9-18-53(41-52)58-20-10-16-51-15-7-8-19-57(51)58/h1-41H/i1D,2D,3D,4D,5D,6D,11D,12D,13D,14D,21D,22D,23D,24D,25D,26D,27D,28D,29D,30D,31D,32D,33D,34D,35D,36D,37D,38D,39D,40D. The van der Waals surface area contributed by atoms with Gasteiger partial charge in [0.2, 0.25) is 0 Å². The van der Waals surface area contributed by atoms with Crippen LogP contribution in [0.3, 0.4) is 0 Å². The maximum absolute atomic E-state index is 9.68. The van der Waals surface area contributed by atoms with Crippen molar-refractivity contribution in [3.8, 4) is 66.8 Å². The molecule has 10 rings (SSSR count). The van der Waals surface area contributed by atoms with Gasteiger partial charge in [-0.25, -0.2) is 0 Å². The number of rotatable bonds is 9. The highest BCUT2D eigenvalue weighted by Crippen LogP contribution is 2.39. The second-order valence-corrected chi connectivity index (χ2v) is 12.6. The SMILES string of the molecule is [2H]c1c([2H])c([2H])c(-c2c([2H])c([2H])c(-c3c([2H])c([2H])c(N(c4c([2H])c([2H])c(-c5cccc(-c6cccc7ccccc67)c5)c([2H])c4[2H])c4c([2H])c([2H])c(-c5c([2H])c([2H])c(-c6c([2H])c([2H])c([2H])c([2H])c6[2H])c([2H])c5[2H])c([2H])c4[2H])c([2H])c3[2H])c([2H])c2[2H])c([2H])c1[2H]. The normalized spacial score (nSPS) is 18.2. The van der Waals surface area contributed by atoms with Crippen LogP contribution in [0.1, 0.15) is 41.1 Å². The Labute approximate surface area is 388 Å². The van der Waals surface area contributed by atoms with E-state index in [1.165, 1.54) is 6.07 Å². The van der Waals surface area contributed by atoms with E-state index in [0.717, 1.165) is 16.3 Å². The average molecular weight is 782 g/mol. The third-order valence-corrected chi connectivity index (χ3v) is 9.01. The molecule has 278 valence electrons. The Bertz CT molecular complexity index is 4390. The summed E-state index contributed by atoms with van der Waals surface area (Å²) in [5.74, 6) is 0. The first-order valence-corrected chi connectivity index (χ1v) is 17.8. The maximum atomic E-state index is 9.68. The molecule has 0 amide bonds. The fourth-order valence-corrected chi connectivity index (χ4v) is 6.18. The monoisotopic (exact) mass is 782 g/mol. The summed E-state index contributed by atoms with van der Waals surface area (Å²) in [5.41, 5.74) is -8.81. The highest BCUT2D eigenvalue weighted by atomic mass is 15.1. The molecule has 1 heteroatoms. The topological polar surface area (TPSA) is 3.24 Å². The number of hydrogen-bond acceptors (Lipinski definition) is 1. The van der Waals surface area contributed by atoms with Crippen molar-refractivity contribution in [1.29, 1.82) is 0 Å². The Morgan fingerprint density at radius 2 is 0.610 bits per heavy atom. The van der Waals surface area contributed by atoms with E-state index in [1.54, 1.807) is 18.2 Å². The minimum absolute atomic E-state index is 0.141. The summed E-state index contributed by atoms with van der Waals surface area (Å²) in [6.07, 6.45) is 0. The molecular formula is C58H41N. The van der Waals surface area contributed by atoms with E-state index in [4.69, 9.17) is 24.7 Å². The Kier molecular flexibility index (Phi) is 4.31. The third kappa shape index (κ3) is 7.46. The minimum Gasteiger partial charge on any atom is -0.311 e. The van der Waals surface area contributed by atoms with Crippen molar-refractivity contribution in [3.05, 3.63) is 248 Å². The lowest BCUT2D eigenvalue weighted by atomic mass is 9.95. The fourth-order valence-electron chi connectivity index (χ4n) is 6.18. The van der Waals surface area contributed by atoms with Crippen LogP contribution in [0.2, 0.25) is 0 Å².